The predicted molar refractivity (Wildman–Crippen MR) is 60.3 cm³/mol. The van der Waals surface area contributed by atoms with E-state index < -0.39 is 6.10 Å². The number of aliphatic hydroxyl groups excluding tert-OH is 1. The summed E-state index contributed by atoms with van der Waals surface area (Å²) in [4.78, 5) is 3.96. The van der Waals surface area contributed by atoms with Gasteiger partial charge in [-0.2, -0.15) is 0 Å². The summed E-state index contributed by atoms with van der Waals surface area (Å²) in [6.45, 7) is 3.96. The van der Waals surface area contributed by atoms with Crippen molar-refractivity contribution in [3.05, 3.63) is 28.0 Å². The molecule has 1 aromatic rings. The second-order valence-electron chi connectivity index (χ2n) is 3.42. The number of pyridine rings is 1. The Bertz CT molecular complexity index is 331. The molecule has 0 radical (unpaired) electrons. The standard InChI is InChI=1S/C10H13Cl2NO2/c1-6(2)15-5-9(14)10-8(12)3-7(11)4-13-10/h3-4,6,9,14H,5H2,1-2H3. The summed E-state index contributed by atoms with van der Waals surface area (Å²) in [5, 5.41) is 10.5. The van der Waals surface area contributed by atoms with Crippen molar-refractivity contribution >= 4 is 23.2 Å². The van der Waals surface area contributed by atoms with E-state index in [0.29, 0.717) is 15.7 Å². The summed E-state index contributed by atoms with van der Waals surface area (Å²) in [6, 6.07) is 1.55. The van der Waals surface area contributed by atoms with E-state index in [4.69, 9.17) is 27.9 Å². The lowest BCUT2D eigenvalue weighted by Crippen LogP contribution is -2.13. The Morgan fingerprint density at radius 1 is 1.47 bits per heavy atom. The molecule has 5 heteroatoms. The van der Waals surface area contributed by atoms with Gasteiger partial charge < -0.3 is 9.84 Å². The van der Waals surface area contributed by atoms with E-state index in [1.54, 1.807) is 6.07 Å². The van der Waals surface area contributed by atoms with Crippen LogP contribution in [0.2, 0.25) is 10.0 Å². The Hall–Kier alpha value is -0.350. The Balaban J connectivity index is 2.69. The number of nitrogens with zero attached hydrogens (tertiary/aromatic N) is 1. The van der Waals surface area contributed by atoms with E-state index in [2.05, 4.69) is 4.98 Å². The Labute approximate surface area is 99.0 Å². The molecule has 1 N–H and O–H groups in total. The summed E-state index contributed by atoms with van der Waals surface area (Å²) in [5.74, 6) is 0. The molecular weight excluding hydrogens is 237 g/mol. The molecule has 1 rings (SSSR count). The first-order valence-corrected chi connectivity index (χ1v) is 5.37. The van der Waals surface area contributed by atoms with Gasteiger partial charge in [0, 0.05) is 6.20 Å². The van der Waals surface area contributed by atoms with Crippen molar-refractivity contribution in [1.29, 1.82) is 0 Å². The minimum atomic E-state index is -0.822. The first kappa shape index (κ1) is 12.7. The largest absolute Gasteiger partial charge is 0.384 e. The molecule has 3 nitrogen and oxygen atoms in total. The summed E-state index contributed by atoms with van der Waals surface area (Å²) in [5.41, 5.74) is 0.390. The number of aliphatic hydroxyl groups is 1. The van der Waals surface area contributed by atoms with Crippen LogP contribution in [0.5, 0.6) is 0 Å². The van der Waals surface area contributed by atoms with Crippen molar-refractivity contribution in [3.8, 4) is 0 Å². The Morgan fingerprint density at radius 3 is 2.67 bits per heavy atom. The molecule has 0 aliphatic rings. The summed E-state index contributed by atoms with van der Waals surface area (Å²) in [6.07, 6.45) is 0.685. The van der Waals surface area contributed by atoms with Gasteiger partial charge in [-0.15, -0.1) is 0 Å². The lowest BCUT2D eigenvalue weighted by molar-refractivity contribution is 0.00331. The normalized spacial score (nSPS) is 13.2. The van der Waals surface area contributed by atoms with Gasteiger partial charge >= 0.3 is 0 Å². The molecule has 15 heavy (non-hydrogen) atoms. The van der Waals surface area contributed by atoms with Crippen LogP contribution in [0.15, 0.2) is 12.3 Å². The van der Waals surface area contributed by atoms with E-state index in [0.717, 1.165) is 0 Å². The molecule has 1 aromatic heterocycles. The number of hydrogen-bond acceptors (Lipinski definition) is 3. The van der Waals surface area contributed by atoms with Crippen LogP contribution in [-0.4, -0.2) is 22.8 Å². The van der Waals surface area contributed by atoms with Gasteiger partial charge in [0.25, 0.3) is 0 Å². The molecule has 0 aliphatic heterocycles. The summed E-state index contributed by atoms with van der Waals surface area (Å²) >= 11 is 11.6. The molecule has 0 saturated carbocycles. The highest BCUT2D eigenvalue weighted by Gasteiger charge is 2.14. The lowest BCUT2D eigenvalue weighted by Gasteiger charge is -2.14. The maximum atomic E-state index is 9.73. The highest BCUT2D eigenvalue weighted by molar-refractivity contribution is 6.34. The second kappa shape index (κ2) is 5.66. The Kier molecular flexibility index (Phi) is 4.80. The van der Waals surface area contributed by atoms with Crippen LogP contribution in [0.4, 0.5) is 0 Å². The van der Waals surface area contributed by atoms with Crippen molar-refractivity contribution in [1.82, 2.24) is 4.98 Å². The van der Waals surface area contributed by atoms with Crippen LogP contribution in [0.1, 0.15) is 25.6 Å². The molecule has 0 spiro atoms. The van der Waals surface area contributed by atoms with Crippen LogP contribution >= 0.6 is 23.2 Å². The van der Waals surface area contributed by atoms with Gasteiger partial charge in [-0.3, -0.25) is 4.98 Å². The highest BCUT2D eigenvalue weighted by atomic mass is 35.5. The maximum Gasteiger partial charge on any atom is 0.121 e. The maximum absolute atomic E-state index is 9.73. The minimum absolute atomic E-state index is 0.0609. The van der Waals surface area contributed by atoms with Crippen LogP contribution in [0.25, 0.3) is 0 Å². The molecule has 0 fully saturated rings. The molecule has 0 aliphatic carbocycles. The molecule has 1 atom stereocenters. The van der Waals surface area contributed by atoms with E-state index in [1.807, 2.05) is 13.8 Å². The third kappa shape index (κ3) is 3.95. The average molecular weight is 250 g/mol. The van der Waals surface area contributed by atoms with Gasteiger partial charge in [0.2, 0.25) is 0 Å². The van der Waals surface area contributed by atoms with Gasteiger partial charge in [0.15, 0.2) is 0 Å². The quantitative estimate of drug-likeness (QED) is 0.893. The second-order valence-corrected chi connectivity index (χ2v) is 4.26. The fourth-order valence-electron chi connectivity index (χ4n) is 1.03. The van der Waals surface area contributed by atoms with Crippen LogP contribution < -0.4 is 0 Å². The topological polar surface area (TPSA) is 42.4 Å². The van der Waals surface area contributed by atoms with Crippen molar-refractivity contribution in [2.45, 2.75) is 26.1 Å². The van der Waals surface area contributed by atoms with E-state index >= 15 is 0 Å². The van der Waals surface area contributed by atoms with Crippen molar-refractivity contribution in [2.75, 3.05) is 6.61 Å². The monoisotopic (exact) mass is 249 g/mol. The van der Waals surface area contributed by atoms with Gasteiger partial charge in [0.1, 0.15) is 6.10 Å². The molecule has 0 saturated heterocycles. The minimum Gasteiger partial charge on any atom is -0.384 e. The smallest absolute Gasteiger partial charge is 0.121 e. The fourth-order valence-corrected chi connectivity index (χ4v) is 1.54. The molecular formula is C10H13Cl2NO2. The van der Waals surface area contributed by atoms with E-state index in [1.165, 1.54) is 6.20 Å². The van der Waals surface area contributed by atoms with E-state index in [9.17, 15) is 5.11 Å². The summed E-state index contributed by atoms with van der Waals surface area (Å²) in [7, 11) is 0. The highest BCUT2D eigenvalue weighted by Crippen LogP contribution is 2.24. The predicted octanol–water partition coefficient (Wildman–Crippen LogP) is 2.85. The third-order valence-corrected chi connectivity index (χ3v) is 2.25. The number of aromatic nitrogens is 1. The first-order valence-electron chi connectivity index (χ1n) is 4.61. The zero-order valence-electron chi connectivity index (χ0n) is 8.58. The average Bonchev–Trinajstić information content (AvgIpc) is 2.14. The van der Waals surface area contributed by atoms with Gasteiger partial charge in [-0.1, -0.05) is 23.2 Å². The first-order chi connectivity index (χ1) is 7.00. The third-order valence-electron chi connectivity index (χ3n) is 1.74. The van der Waals surface area contributed by atoms with Crippen molar-refractivity contribution in [3.63, 3.8) is 0 Å². The van der Waals surface area contributed by atoms with Crippen molar-refractivity contribution < 1.29 is 9.84 Å². The number of ether oxygens (including phenoxy) is 1. The molecule has 0 bridgehead atoms. The lowest BCUT2D eigenvalue weighted by atomic mass is 10.2. The van der Waals surface area contributed by atoms with Crippen molar-refractivity contribution in [2.24, 2.45) is 0 Å². The molecule has 0 aromatic carbocycles. The Morgan fingerprint density at radius 2 is 2.13 bits per heavy atom. The molecule has 0 amide bonds. The van der Waals surface area contributed by atoms with Gasteiger partial charge in [-0.25, -0.2) is 0 Å². The van der Waals surface area contributed by atoms with Gasteiger partial charge in [0.05, 0.1) is 28.5 Å². The number of rotatable bonds is 4. The number of hydrogen-bond donors (Lipinski definition) is 1. The molecule has 84 valence electrons. The zero-order valence-corrected chi connectivity index (χ0v) is 10.1. The molecule has 1 heterocycles. The van der Waals surface area contributed by atoms with Crippen LogP contribution in [-0.2, 0) is 4.74 Å². The van der Waals surface area contributed by atoms with Crippen LogP contribution in [0.3, 0.4) is 0 Å². The van der Waals surface area contributed by atoms with Crippen LogP contribution in [0, 0.1) is 0 Å². The zero-order chi connectivity index (χ0) is 11.4. The SMILES string of the molecule is CC(C)OCC(O)c1ncc(Cl)cc1Cl. The molecule has 1 unspecified atom stereocenters. The van der Waals surface area contributed by atoms with E-state index in [-0.39, 0.29) is 12.7 Å². The fraction of sp³-hybridized carbons (Fsp3) is 0.500. The summed E-state index contributed by atoms with van der Waals surface area (Å²) < 4.78 is 5.26. The van der Waals surface area contributed by atoms with Gasteiger partial charge in [-0.05, 0) is 19.9 Å². The number of halogens is 2.